The van der Waals surface area contributed by atoms with E-state index < -0.39 is 22.8 Å². The van der Waals surface area contributed by atoms with Gasteiger partial charge in [0.1, 0.15) is 5.82 Å². The maximum Gasteiger partial charge on any atom is 0.416 e. The average Bonchev–Trinajstić information content (AvgIpc) is 2.92. The minimum absolute atomic E-state index is 0. The highest BCUT2D eigenvalue weighted by Crippen LogP contribution is 2.48. The van der Waals surface area contributed by atoms with Crippen LogP contribution in [0.15, 0.2) is 18.2 Å². The van der Waals surface area contributed by atoms with Gasteiger partial charge in [0.2, 0.25) is 0 Å². The molecular formula is C14H15F4NOS. The minimum Gasteiger partial charge on any atom is -0.329 e. The molecule has 2 unspecified atom stereocenters. The quantitative estimate of drug-likeness (QED) is 0.689. The molecule has 0 N–H and O–H groups in total. The second-order valence-corrected chi connectivity index (χ2v) is 6.07. The molecule has 1 amide bonds. The summed E-state index contributed by atoms with van der Waals surface area (Å²) in [5.74, 6) is -0.917. The summed E-state index contributed by atoms with van der Waals surface area (Å²) in [4.78, 5) is 13.5. The van der Waals surface area contributed by atoms with Crippen LogP contribution in [0.25, 0.3) is 0 Å². The van der Waals surface area contributed by atoms with Crippen molar-refractivity contribution >= 4 is 17.0 Å². The first-order valence-electron chi connectivity index (χ1n) is 6.21. The Morgan fingerprint density at radius 1 is 1.24 bits per heavy atom. The van der Waals surface area contributed by atoms with E-state index in [1.54, 1.807) is 4.90 Å². The van der Waals surface area contributed by atoms with Gasteiger partial charge < -0.3 is 4.90 Å². The molecule has 1 aromatic rings. The summed E-state index contributed by atoms with van der Waals surface area (Å²) in [5.41, 5.74) is -0.762. The van der Waals surface area contributed by atoms with Crippen LogP contribution in [0.5, 0.6) is 0 Å². The Balaban J connectivity index is 0.00000161. The van der Waals surface area contributed by atoms with E-state index in [1.165, 1.54) is 0 Å². The van der Waals surface area contributed by atoms with Gasteiger partial charge in [-0.05, 0) is 36.6 Å². The van der Waals surface area contributed by atoms with Gasteiger partial charge >= 0.3 is 6.18 Å². The van der Waals surface area contributed by atoms with E-state index in [9.17, 15) is 22.4 Å². The summed E-state index contributed by atoms with van der Waals surface area (Å²) in [6, 6.07) is 2.42. The second kappa shape index (κ2) is 5.51. The number of rotatable bonds is 1. The summed E-state index contributed by atoms with van der Waals surface area (Å²) in [7, 11) is 0. The summed E-state index contributed by atoms with van der Waals surface area (Å²) in [6.45, 7) is 0.633. The van der Waals surface area contributed by atoms with E-state index in [0.717, 1.165) is 36.7 Å². The van der Waals surface area contributed by atoms with Crippen molar-refractivity contribution < 1.29 is 22.4 Å². The van der Waals surface area contributed by atoms with Crippen LogP contribution in [-0.2, 0) is 6.18 Å². The zero-order valence-electron chi connectivity index (χ0n) is 10.3. The largest absolute Gasteiger partial charge is 0.416 e. The van der Waals surface area contributed by atoms with Crippen LogP contribution in [0, 0.1) is 5.82 Å². The maximum atomic E-state index is 13.4. The van der Waals surface area contributed by atoms with Gasteiger partial charge in [-0.15, -0.1) is 0 Å². The van der Waals surface area contributed by atoms with E-state index in [1.807, 2.05) is 0 Å². The van der Waals surface area contributed by atoms with Crippen LogP contribution in [0.4, 0.5) is 22.4 Å². The lowest BCUT2D eigenvalue weighted by Crippen LogP contribution is -2.27. The van der Waals surface area contributed by atoms with Crippen LogP contribution >= 0.6 is 11.8 Å². The lowest BCUT2D eigenvalue weighted by atomic mass is 10.0. The molecule has 116 valence electrons. The van der Waals surface area contributed by atoms with Crippen molar-refractivity contribution in [3.8, 4) is 0 Å². The summed E-state index contributed by atoms with van der Waals surface area (Å²) in [5, 5.41) is -0.544. The van der Waals surface area contributed by atoms with Gasteiger partial charge in [-0.3, -0.25) is 4.79 Å². The highest BCUT2D eigenvalue weighted by Gasteiger charge is 2.44. The number of nitrogens with zero attached hydrogens (tertiary/aromatic N) is 1. The fourth-order valence-electron chi connectivity index (χ4n) is 2.82. The van der Waals surface area contributed by atoms with Crippen LogP contribution in [0.3, 0.4) is 0 Å². The second-order valence-electron chi connectivity index (χ2n) is 4.98. The zero-order chi connectivity index (χ0) is 14.5. The van der Waals surface area contributed by atoms with Gasteiger partial charge in [-0.2, -0.15) is 13.2 Å². The molecule has 0 bridgehead atoms. The number of carbonyl (C=O) groups excluding carboxylic acids is 1. The fourth-order valence-corrected chi connectivity index (χ4v) is 4.11. The highest BCUT2D eigenvalue weighted by atomic mass is 32.2. The van der Waals surface area contributed by atoms with Crippen molar-refractivity contribution in [1.29, 1.82) is 0 Å². The van der Waals surface area contributed by atoms with Crippen molar-refractivity contribution in [3.63, 3.8) is 0 Å². The van der Waals surface area contributed by atoms with Gasteiger partial charge in [-0.25, -0.2) is 4.39 Å². The molecule has 1 aromatic carbocycles. The number of carbonyl (C=O) groups is 1. The molecule has 2 aliphatic heterocycles. The summed E-state index contributed by atoms with van der Waals surface area (Å²) in [6.07, 6.45) is -2.99. The number of amides is 1. The minimum atomic E-state index is -4.58. The third-order valence-electron chi connectivity index (χ3n) is 3.69. The molecule has 0 aromatic heterocycles. The van der Waals surface area contributed by atoms with Crippen LogP contribution < -0.4 is 0 Å². The number of fused-ring (bicyclic) bond motifs is 1. The Morgan fingerprint density at radius 3 is 2.62 bits per heavy atom. The molecule has 21 heavy (non-hydrogen) atoms. The van der Waals surface area contributed by atoms with Crippen LogP contribution in [-0.4, -0.2) is 22.7 Å². The fraction of sp³-hybridized carbons (Fsp3) is 0.500. The number of halogens is 4. The molecule has 7 heteroatoms. The molecule has 0 radical (unpaired) electrons. The van der Waals surface area contributed by atoms with Crippen LogP contribution in [0.2, 0.25) is 0 Å². The van der Waals surface area contributed by atoms with Crippen molar-refractivity contribution in [2.75, 3.05) is 6.54 Å². The SMILES string of the molecule is C.O=C1SC(c2cc(F)cc(C(F)(F)F)c2)C2CCCN12. The van der Waals surface area contributed by atoms with E-state index in [-0.39, 0.29) is 24.3 Å². The van der Waals surface area contributed by atoms with E-state index >= 15 is 0 Å². The Bertz CT molecular complexity index is 560. The van der Waals surface area contributed by atoms with E-state index in [2.05, 4.69) is 0 Å². The number of hydrogen-bond donors (Lipinski definition) is 0. The molecule has 2 atom stereocenters. The number of alkyl halides is 3. The Kier molecular flexibility index (Phi) is 4.24. The van der Waals surface area contributed by atoms with Crippen LogP contribution in [0.1, 0.15) is 36.6 Å². The van der Waals surface area contributed by atoms with Crippen molar-refractivity contribution in [1.82, 2.24) is 4.90 Å². The topological polar surface area (TPSA) is 20.3 Å². The first-order valence-corrected chi connectivity index (χ1v) is 7.09. The lowest BCUT2D eigenvalue weighted by Gasteiger charge is -2.20. The first kappa shape index (κ1) is 16.1. The van der Waals surface area contributed by atoms with E-state index in [4.69, 9.17) is 0 Å². The Morgan fingerprint density at radius 2 is 1.95 bits per heavy atom. The summed E-state index contributed by atoms with van der Waals surface area (Å²) >= 11 is 0.992. The van der Waals surface area contributed by atoms with Gasteiger partial charge in [0.25, 0.3) is 5.24 Å². The molecule has 2 fully saturated rings. The molecule has 3 rings (SSSR count). The summed E-state index contributed by atoms with van der Waals surface area (Å²) < 4.78 is 51.6. The molecular weight excluding hydrogens is 306 g/mol. The molecule has 2 nitrogen and oxygen atoms in total. The molecule has 2 aliphatic rings. The number of benzene rings is 1. The van der Waals surface area contributed by atoms with Gasteiger partial charge in [-0.1, -0.05) is 19.2 Å². The molecule has 0 aliphatic carbocycles. The van der Waals surface area contributed by atoms with Gasteiger partial charge in [0.15, 0.2) is 0 Å². The Labute approximate surface area is 124 Å². The first-order chi connectivity index (χ1) is 9.36. The predicted molar refractivity (Wildman–Crippen MR) is 73.6 cm³/mol. The van der Waals surface area contributed by atoms with Gasteiger partial charge in [0.05, 0.1) is 10.8 Å². The highest BCUT2D eigenvalue weighted by molar-refractivity contribution is 8.14. The monoisotopic (exact) mass is 321 g/mol. The number of hydrogen-bond acceptors (Lipinski definition) is 2. The third kappa shape index (κ3) is 2.88. The molecule has 2 saturated heterocycles. The standard InChI is InChI=1S/C13H11F4NOS.CH4/c14-9-5-7(4-8(6-9)13(15,16)17)11-10-2-1-3-18(10)12(19)20-11;/h4-6,10-11H,1-3H2;1H4. The Hall–Kier alpha value is -1.24. The number of thioether (sulfide) groups is 1. The predicted octanol–water partition coefficient (Wildman–Crippen LogP) is 4.85. The molecule has 0 spiro atoms. The van der Waals surface area contributed by atoms with Gasteiger partial charge in [0, 0.05) is 12.6 Å². The van der Waals surface area contributed by atoms with E-state index in [0.29, 0.717) is 12.6 Å². The average molecular weight is 321 g/mol. The maximum absolute atomic E-state index is 13.4. The smallest absolute Gasteiger partial charge is 0.329 e. The third-order valence-corrected chi connectivity index (χ3v) is 4.96. The lowest BCUT2D eigenvalue weighted by molar-refractivity contribution is -0.137. The van der Waals surface area contributed by atoms with Crippen molar-refractivity contribution in [3.05, 3.63) is 35.1 Å². The van der Waals surface area contributed by atoms with Crippen molar-refractivity contribution in [2.24, 2.45) is 0 Å². The normalized spacial score (nSPS) is 25.0. The molecule has 2 heterocycles. The zero-order valence-corrected chi connectivity index (χ0v) is 11.1. The van der Waals surface area contributed by atoms with Crippen molar-refractivity contribution in [2.45, 2.75) is 37.7 Å². The molecule has 0 saturated carbocycles.